The van der Waals surface area contributed by atoms with E-state index in [9.17, 15) is 13.6 Å². The van der Waals surface area contributed by atoms with Gasteiger partial charge in [0, 0.05) is 23.1 Å². The number of carbonyl (C=O) groups excluding carboxylic acids is 1. The first kappa shape index (κ1) is 19.3. The molecule has 1 N–H and O–H groups in total. The predicted octanol–water partition coefficient (Wildman–Crippen LogP) is 5.24. The zero-order valence-electron chi connectivity index (χ0n) is 16.9. The zero-order chi connectivity index (χ0) is 21.5. The number of rotatable bonds is 3. The molecule has 156 valence electrons. The van der Waals surface area contributed by atoms with Gasteiger partial charge in [-0.25, -0.2) is 8.78 Å². The van der Waals surface area contributed by atoms with Gasteiger partial charge >= 0.3 is 0 Å². The number of aromatic nitrogens is 1. The van der Waals surface area contributed by atoms with Crippen molar-refractivity contribution in [2.75, 3.05) is 13.7 Å². The molecule has 0 saturated heterocycles. The molecule has 0 aliphatic carbocycles. The summed E-state index contributed by atoms with van der Waals surface area (Å²) in [6, 6.07) is 17.4. The van der Waals surface area contributed by atoms with Crippen LogP contribution in [0.3, 0.4) is 0 Å². The third kappa shape index (κ3) is 3.24. The standard InChI is InChI=1S/C25H20F2N2O2/c1-31-17-10-11-22-20(14-17)18-12-13-29(25(30)19-4-2-3-5-21(19)27)24(23(18)28-22)15-6-8-16(26)9-7-15/h2-11,14,24,28H,12-13H2,1H3. The van der Waals surface area contributed by atoms with Gasteiger partial charge in [-0.3, -0.25) is 4.79 Å². The van der Waals surface area contributed by atoms with E-state index in [4.69, 9.17) is 4.74 Å². The van der Waals surface area contributed by atoms with Crippen molar-refractivity contribution in [1.29, 1.82) is 0 Å². The first-order chi connectivity index (χ1) is 15.1. The molecular weight excluding hydrogens is 398 g/mol. The number of methoxy groups -OCH3 is 1. The second-order valence-electron chi connectivity index (χ2n) is 7.61. The van der Waals surface area contributed by atoms with Crippen LogP contribution < -0.4 is 4.74 Å². The van der Waals surface area contributed by atoms with Crippen molar-refractivity contribution in [3.05, 3.63) is 101 Å². The molecule has 4 aromatic rings. The molecule has 0 fully saturated rings. The Labute approximate surface area is 178 Å². The van der Waals surface area contributed by atoms with Crippen LogP contribution in [0.15, 0.2) is 66.7 Å². The van der Waals surface area contributed by atoms with E-state index in [1.807, 2.05) is 18.2 Å². The Bertz CT molecular complexity index is 1280. The van der Waals surface area contributed by atoms with Crippen molar-refractivity contribution >= 4 is 16.8 Å². The largest absolute Gasteiger partial charge is 0.497 e. The van der Waals surface area contributed by atoms with Crippen LogP contribution >= 0.6 is 0 Å². The lowest BCUT2D eigenvalue weighted by atomic mass is 9.91. The molecule has 1 amide bonds. The second kappa shape index (κ2) is 7.54. The molecule has 0 spiro atoms. The summed E-state index contributed by atoms with van der Waals surface area (Å²) >= 11 is 0. The lowest BCUT2D eigenvalue weighted by Crippen LogP contribution is -2.41. The van der Waals surface area contributed by atoms with Crippen LogP contribution in [-0.2, 0) is 6.42 Å². The highest BCUT2D eigenvalue weighted by atomic mass is 19.1. The summed E-state index contributed by atoms with van der Waals surface area (Å²) in [7, 11) is 1.62. The van der Waals surface area contributed by atoms with Gasteiger partial charge < -0.3 is 14.6 Å². The minimum Gasteiger partial charge on any atom is -0.497 e. The Morgan fingerprint density at radius 1 is 1.06 bits per heavy atom. The fourth-order valence-corrected chi connectivity index (χ4v) is 4.39. The summed E-state index contributed by atoms with van der Waals surface area (Å²) in [6.45, 7) is 0.409. The van der Waals surface area contributed by atoms with E-state index >= 15 is 0 Å². The average Bonchev–Trinajstić information content (AvgIpc) is 3.17. The highest BCUT2D eigenvalue weighted by Gasteiger charge is 2.35. The molecule has 4 nitrogen and oxygen atoms in total. The van der Waals surface area contributed by atoms with Crippen molar-refractivity contribution in [3.63, 3.8) is 0 Å². The van der Waals surface area contributed by atoms with Crippen molar-refractivity contribution in [2.24, 2.45) is 0 Å². The summed E-state index contributed by atoms with van der Waals surface area (Å²) in [4.78, 5) is 18.5. The van der Waals surface area contributed by atoms with Gasteiger partial charge in [0.2, 0.25) is 0 Å². The number of fused-ring (bicyclic) bond motifs is 3. The first-order valence-electron chi connectivity index (χ1n) is 10.1. The average molecular weight is 418 g/mol. The van der Waals surface area contributed by atoms with E-state index in [0.29, 0.717) is 13.0 Å². The summed E-state index contributed by atoms with van der Waals surface area (Å²) in [6.07, 6.45) is 0.611. The number of aromatic amines is 1. The molecule has 1 aromatic heterocycles. The number of halogens is 2. The molecule has 0 radical (unpaired) electrons. The van der Waals surface area contributed by atoms with Gasteiger partial charge in [0.15, 0.2) is 0 Å². The molecule has 3 aromatic carbocycles. The maximum atomic E-state index is 14.4. The van der Waals surface area contributed by atoms with Crippen molar-refractivity contribution in [1.82, 2.24) is 9.88 Å². The molecule has 5 rings (SSSR count). The van der Waals surface area contributed by atoms with E-state index in [2.05, 4.69) is 4.98 Å². The number of carbonyl (C=O) groups is 1. The third-order valence-electron chi connectivity index (χ3n) is 5.88. The topological polar surface area (TPSA) is 45.3 Å². The van der Waals surface area contributed by atoms with E-state index < -0.39 is 17.8 Å². The number of hydrogen-bond donors (Lipinski definition) is 1. The highest BCUT2D eigenvalue weighted by Crippen LogP contribution is 2.40. The summed E-state index contributed by atoms with van der Waals surface area (Å²) in [5.74, 6) is -0.558. The molecule has 0 saturated carbocycles. The third-order valence-corrected chi connectivity index (χ3v) is 5.88. The number of benzene rings is 3. The Hall–Kier alpha value is -3.67. The van der Waals surface area contributed by atoms with Crippen LogP contribution in [-0.4, -0.2) is 29.4 Å². The minimum atomic E-state index is -0.558. The maximum absolute atomic E-state index is 14.4. The quantitative estimate of drug-likeness (QED) is 0.494. The van der Waals surface area contributed by atoms with Gasteiger partial charge in [0.05, 0.1) is 18.7 Å². The van der Waals surface area contributed by atoms with Gasteiger partial charge in [-0.2, -0.15) is 0 Å². The molecule has 1 aliphatic rings. The normalized spacial score (nSPS) is 15.7. The molecule has 2 heterocycles. The molecule has 0 bridgehead atoms. The van der Waals surface area contributed by atoms with E-state index in [0.717, 1.165) is 33.5 Å². The van der Waals surface area contributed by atoms with Crippen molar-refractivity contribution < 1.29 is 18.3 Å². The van der Waals surface area contributed by atoms with E-state index in [1.165, 1.54) is 24.3 Å². The smallest absolute Gasteiger partial charge is 0.257 e. The van der Waals surface area contributed by atoms with E-state index in [1.54, 1.807) is 36.3 Å². The Balaban J connectivity index is 1.67. The van der Waals surface area contributed by atoms with Crippen LogP contribution in [0.5, 0.6) is 5.75 Å². The fraction of sp³-hybridized carbons (Fsp3) is 0.160. The van der Waals surface area contributed by atoms with Crippen LogP contribution in [0, 0.1) is 11.6 Å². The number of ether oxygens (including phenoxy) is 1. The molecule has 31 heavy (non-hydrogen) atoms. The monoisotopic (exact) mass is 418 g/mol. The number of nitrogens with one attached hydrogen (secondary N) is 1. The second-order valence-corrected chi connectivity index (χ2v) is 7.61. The van der Waals surface area contributed by atoms with Crippen LogP contribution in [0.1, 0.15) is 33.2 Å². The molecule has 1 aliphatic heterocycles. The molecule has 6 heteroatoms. The highest BCUT2D eigenvalue weighted by molar-refractivity contribution is 5.96. The van der Waals surface area contributed by atoms with Gasteiger partial charge in [0.25, 0.3) is 5.91 Å². The number of hydrogen-bond acceptors (Lipinski definition) is 2. The van der Waals surface area contributed by atoms with Gasteiger partial charge in [0.1, 0.15) is 17.4 Å². The van der Waals surface area contributed by atoms with Crippen molar-refractivity contribution in [3.8, 4) is 5.75 Å². The number of H-pyrrole nitrogens is 1. The van der Waals surface area contributed by atoms with E-state index in [-0.39, 0.29) is 11.4 Å². The summed E-state index contributed by atoms with van der Waals surface area (Å²) < 4.78 is 33.4. The Morgan fingerprint density at radius 3 is 2.58 bits per heavy atom. The number of nitrogens with zero attached hydrogens (tertiary/aromatic N) is 1. The molecule has 1 atom stereocenters. The predicted molar refractivity (Wildman–Crippen MR) is 114 cm³/mol. The number of amides is 1. The minimum absolute atomic E-state index is 0.0239. The fourth-order valence-electron chi connectivity index (χ4n) is 4.39. The summed E-state index contributed by atoms with van der Waals surface area (Å²) in [5.41, 5.74) is 3.64. The zero-order valence-corrected chi connectivity index (χ0v) is 16.9. The Morgan fingerprint density at radius 2 is 1.84 bits per heavy atom. The van der Waals surface area contributed by atoms with Gasteiger partial charge in [-0.1, -0.05) is 24.3 Å². The van der Waals surface area contributed by atoms with Crippen LogP contribution in [0.4, 0.5) is 8.78 Å². The lowest BCUT2D eigenvalue weighted by Gasteiger charge is -2.36. The van der Waals surface area contributed by atoms with Crippen molar-refractivity contribution in [2.45, 2.75) is 12.5 Å². The summed E-state index contributed by atoms with van der Waals surface area (Å²) in [5, 5.41) is 1.03. The molecular formula is C25H20F2N2O2. The lowest BCUT2D eigenvalue weighted by molar-refractivity contribution is 0.0687. The van der Waals surface area contributed by atoms with Crippen LogP contribution in [0.2, 0.25) is 0 Å². The van der Waals surface area contributed by atoms with Gasteiger partial charge in [-0.15, -0.1) is 0 Å². The Kier molecular flexibility index (Phi) is 4.70. The van der Waals surface area contributed by atoms with Crippen LogP contribution in [0.25, 0.3) is 10.9 Å². The maximum Gasteiger partial charge on any atom is 0.257 e. The molecule has 1 unspecified atom stereocenters. The SMILES string of the molecule is COc1ccc2[nH]c3c(c2c1)CCN(C(=O)c1ccccc1F)C3c1ccc(F)cc1. The van der Waals surface area contributed by atoms with Gasteiger partial charge in [-0.05, 0) is 60.0 Å². The first-order valence-corrected chi connectivity index (χ1v) is 10.1.